The molecule has 1 atom stereocenters. The van der Waals surface area contributed by atoms with Crippen molar-refractivity contribution in [2.75, 3.05) is 0 Å². The van der Waals surface area contributed by atoms with Crippen LogP contribution in [0.25, 0.3) is 65.7 Å². The molecule has 10 rings (SSSR count). The molecule has 9 aromatic rings. The van der Waals surface area contributed by atoms with E-state index >= 15 is 0 Å². The fourth-order valence-corrected chi connectivity index (χ4v) is 7.45. The van der Waals surface area contributed by atoms with Crippen molar-refractivity contribution in [3.8, 4) is 22.3 Å². The van der Waals surface area contributed by atoms with Crippen LogP contribution in [0.2, 0.25) is 0 Å². The highest BCUT2D eigenvalue weighted by molar-refractivity contribution is 6.24. The molecule has 0 amide bonds. The Kier molecular flexibility index (Phi) is 6.85. The number of benzene rings is 8. The van der Waals surface area contributed by atoms with Crippen molar-refractivity contribution in [1.29, 1.82) is 0 Å². The summed E-state index contributed by atoms with van der Waals surface area (Å²) in [5.41, 5.74) is 9.30. The normalized spacial score (nSPS) is 14.5. The van der Waals surface area contributed by atoms with Gasteiger partial charge in [-0.05, 0) is 67.6 Å². The minimum Gasteiger partial charge on any atom is -0.456 e. The number of nitrogens with zero attached hydrogens (tertiary/aromatic N) is 2. The Hall–Kier alpha value is -6.78. The molecule has 0 fully saturated rings. The van der Waals surface area contributed by atoms with Crippen LogP contribution < -0.4 is 5.32 Å². The first-order valence-corrected chi connectivity index (χ1v) is 17.3. The van der Waals surface area contributed by atoms with Crippen LogP contribution >= 0.6 is 0 Å². The molecule has 0 radical (unpaired) electrons. The van der Waals surface area contributed by atoms with E-state index in [4.69, 9.17) is 14.4 Å². The van der Waals surface area contributed by atoms with Gasteiger partial charge in [0.15, 0.2) is 5.84 Å². The molecule has 1 unspecified atom stereocenters. The van der Waals surface area contributed by atoms with Gasteiger partial charge < -0.3 is 9.73 Å². The lowest BCUT2D eigenvalue weighted by molar-refractivity contribution is 0.668. The molecule has 0 saturated carbocycles. The van der Waals surface area contributed by atoms with E-state index in [0.717, 1.165) is 61.0 Å². The second-order valence-electron chi connectivity index (χ2n) is 13.0. The van der Waals surface area contributed by atoms with Crippen LogP contribution in [0, 0.1) is 0 Å². The smallest absolute Gasteiger partial charge is 0.159 e. The third-order valence-electron chi connectivity index (χ3n) is 9.94. The van der Waals surface area contributed by atoms with Crippen LogP contribution in [0.5, 0.6) is 0 Å². The van der Waals surface area contributed by atoms with Crippen molar-refractivity contribution in [3.63, 3.8) is 0 Å². The number of aliphatic imine (C=N–C) groups is 2. The molecule has 51 heavy (non-hydrogen) atoms. The molecule has 2 heterocycles. The van der Waals surface area contributed by atoms with Crippen molar-refractivity contribution >= 4 is 55.2 Å². The van der Waals surface area contributed by atoms with E-state index in [9.17, 15) is 0 Å². The lowest BCUT2D eigenvalue weighted by Crippen LogP contribution is -2.33. The van der Waals surface area contributed by atoms with Gasteiger partial charge in [0.2, 0.25) is 0 Å². The summed E-state index contributed by atoms with van der Waals surface area (Å²) < 4.78 is 6.53. The Labute approximate surface area is 295 Å². The van der Waals surface area contributed by atoms with E-state index in [2.05, 4.69) is 157 Å². The standard InChI is InChI=1S/C47H31N3O/c1-3-11-30(12-4-1)31-21-23-33(24-22-31)39-17-9-19-41-43(39)44-40(18-10-20-42(44)51-41)47-49-45(34-14-5-2-6-15-34)48-46(50-47)36-27-28-38-35(29-36)26-25-32-13-7-8-16-37(32)38/h1-29,45H,(H,48,49,50). The fraction of sp³-hybridized carbons (Fsp3) is 0.0213. The predicted octanol–water partition coefficient (Wildman–Crippen LogP) is 11.7. The number of amidine groups is 2. The molecule has 1 aromatic heterocycles. The molecule has 0 aliphatic carbocycles. The number of hydrogen-bond acceptors (Lipinski definition) is 4. The van der Waals surface area contributed by atoms with Gasteiger partial charge in [-0.2, -0.15) is 0 Å². The molecule has 1 aliphatic heterocycles. The third-order valence-corrected chi connectivity index (χ3v) is 9.94. The van der Waals surface area contributed by atoms with Gasteiger partial charge in [-0.15, -0.1) is 0 Å². The maximum absolute atomic E-state index is 6.53. The zero-order chi connectivity index (χ0) is 33.7. The lowest BCUT2D eigenvalue weighted by atomic mass is 9.95. The monoisotopic (exact) mass is 653 g/mol. The molecule has 1 aliphatic rings. The Morgan fingerprint density at radius 2 is 1.06 bits per heavy atom. The van der Waals surface area contributed by atoms with Gasteiger partial charge in [-0.1, -0.05) is 158 Å². The molecule has 0 bridgehead atoms. The van der Waals surface area contributed by atoms with Crippen LogP contribution in [0.1, 0.15) is 22.9 Å². The summed E-state index contributed by atoms with van der Waals surface area (Å²) >= 11 is 0. The molecule has 0 saturated heterocycles. The average molecular weight is 654 g/mol. The summed E-state index contributed by atoms with van der Waals surface area (Å²) in [7, 11) is 0. The van der Waals surface area contributed by atoms with Crippen molar-refractivity contribution in [3.05, 3.63) is 193 Å². The molecule has 0 spiro atoms. The fourth-order valence-electron chi connectivity index (χ4n) is 7.45. The number of hydrogen-bond donors (Lipinski definition) is 1. The average Bonchev–Trinajstić information content (AvgIpc) is 3.60. The first-order chi connectivity index (χ1) is 25.3. The van der Waals surface area contributed by atoms with Gasteiger partial charge in [-0.25, -0.2) is 9.98 Å². The van der Waals surface area contributed by atoms with E-state index in [1.54, 1.807) is 0 Å². The first-order valence-electron chi connectivity index (χ1n) is 17.3. The second kappa shape index (κ2) is 12.0. The Bertz CT molecular complexity index is 2820. The van der Waals surface area contributed by atoms with Crippen LogP contribution in [0.4, 0.5) is 0 Å². The number of nitrogens with one attached hydrogen (secondary N) is 1. The molecular weight excluding hydrogens is 623 g/mol. The van der Waals surface area contributed by atoms with E-state index in [-0.39, 0.29) is 6.17 Å². The van der Waals surface area contributed by atoms with E-state index in [1.807, 2.05) is 24.3 Å². The topological polar surface area (TPSA) is 49.9 Å². The van der Waals surface area contributed by atoms with Crippen LogP contribution in [-0.4, -0.2) is 11.7 Å². The van der Waals surface area contributed by atoms with Gasteiger partial charge in [0, 0.05) is 21.9 Å². The quantitative estimate of drug-likeness (QED) is 0.188. The minimum absolute atomic E-state index is 0.320. The minimum atomic E-state index is -0.320. The number of rotatable bonds is 5. The first kappa shape index (κ1) is 29.2. The zero-order valence-corrected chi connectivity index (χ0v) is 27.6. The van der Waals surface area contributed by atoms with Gasteiger partial charge in [0.25, 0.3) is 0 Å². The summed E-state index contributed by atoms with van der Waals surface area (Å²) in [5.74, 6) is 1.45. The summed E-state index contributed by atoms with van der Waals surface area (Å²) in [5, 5.41) is 10.6. The van der Waals surface area contributed by atoms with E-state index < -0.39 is 0 Å². The number of furan rings is 1. The summed E-state index contributed by atoms with van der Waals surface area (Å²) in [6, 6.07) is 61.6. The molecule has 1 N–H and O–H groups in total. The summed E-state index contributed by atoms with van der Waals surface area (Å²) in [4.78, 5) is 10.5. The SMILES string of the molecule is c1ccc(-c2ccc(-c3cccc4oc5cccc(C6=NC(c7ccc8c(ccc9ccccc98)c7)=NC(c7ccccc7)N6)c5c34)cc2)cc1. The third kappa shape index (κ3) is 5.08. The highest BCUT2D eigenvalue weighted by atomic mass is 16.3. The van der Waals surface area contributed by atoms with Gasteiger partial charge in [-0.3, -0.25) is 0 Å². The van der Waals surface area contributed by atoms with E-state index in [1.165, 1.54) is 27.3 Å². The molecule has 4 nitrogen and oxygen atoms in total. The Morgan fingerprint density at radius 1 is 0.451 bits per heavy atom. The maximum Gasteiger partial charge on any atom is 0.159 e. The van der Waals surface area contributed by atoms with Crippen molar-refractivity contribution in [2.24, 2.45) is 9.98 Å². The van der Waals surface area contributed by atoms with Gasteiger partial charge in [0.1, 0.15) is 23.2 Å². The predicted molar refractivity (Wildman–Crippen MR) is 211 cm³/mol. The van der Waals surface area contributed by atoms with Gasteiger partial charge in [0.05, 0.1) is 0 Å². The van der Waals surface area contributed by atoms with Crippen LogP contribution in [0.3, 0.4) is 0 Å². The molecule has 4 heteroatoms. The lowest BCUT2D eigenvalue weighted by Gasteiger charge is -2.24. The summed E-state index contributed by atoms with van der Waals surface area (Å²) in [6.07, 6.45) is -0.320. The largest absolute Gasteiger partial charge is 0.456 e. The Balaban J connectivity index is 1.13. The van der Waals surface area contributed by atoms with Crippen LogP contribution in [0.15, 0.2) is 190 Å². The molecule has 8 aromatic carbocycles. The van der Waals surface area contributed by atoms with E-state index in [0.29, 0.717) is 5.84 Å². The highest BCUT2D eigenvalue weighted by Crippen LogP contribution is 2.39. The molecular formula is C47H31N3O. The van der Waals surface area contributed by atoms with Crippen molar-refractivity contribution in [1.82, 2.24) is 5.32 Å². The van der Waals surface area contributed by atoms with Crippen molar-refractivity contribution < 1.29 is 4.42 Å². The zero-order valence-electron chi connectivity index (χ0n) is 27.6. The molecule has 240 valence electrons. The van der Waals surface area contributed by atoms with Gasteiger partial charge >= 0.3 is 0 Å². The maximum atomic E-state index is 6.53. The Morgan fingerprint density at radius 3 is 1.86 bits per heavy atom. The van der Waals surface area contributed by atoms with Crippen molar-refractivity contribution in [2.45, 2.75) is 6.17 Å². The van der Waals surface area contributed by atoms with Crippen LogP contribution in [-0.2, 0) is 0 Å². The second-order valence-corrected chi connectivity index (χ2v) is 13.0. The highest BCUT2D eigenvalue weighted by Gasteiger charge is 2.25. The summed E-state index contributed by atoms with van der Waals surface area (Å²) in [6.45, 7) is 0. The number of fused-ring (bicyclic) bond motifs is 6.